The molecule has 134 valence electrons. The zero-order valence-corrected chi connectivity index (χ0v) is 16.0. The topological polar surface area (TPSA) is 59.2 Å². The molecule has 3 rings (SSSR count). The Morgan fingerprint density at radius 1 is 1.19 bits per heavy atom. The Hall–Kier alpha value is -2.31. The molecule has 26 heavy (non-hydrogen) atoms. The highest BCUT2D eigenvalue weighted by Gasteiger charge is 2.21. The van der Waals surface area contributed by atoms with Gasteiger partial charge in [0.05, 0.1) is 16.8 Å². The van der Waals surface area contributed by atoms with Gasteiger partial charge in [0.1, 0.15) is 0 Å². The van der Waals surface area contributed by atoms with Gasteiger partial charge in [0.2, 0.25) is 17.6 Å². The minimum absolute atomic E-state index is 0.00338. The Morgan fingerprint density at radius 2 is 1.88 bits per heavy atom. The Kier molecular flexibility index (Phi) is 5.96. The quantitative estimate of drug-likeness (QED) is 0.581. The molecule has 7 heteroatoms. The fourth-order valence-corrected chi connectivity index (χ4v) is 3.64. The predicted octanol–water partition coefficient (Wildman–Crippen LogP) is 4.53. The van der Waals surface area contributed by atoms with E-state index in [0.717, 1.165) is 4.90 Å². The van der Waals surface area contributed by atoms with Gasteiger partial charge in [-0.2, -0.15) is 4.98 Å². The number of carbonyl (C=O) groups excluding carboxylic acids is 1. The number of aromatic nitrogens is 2. The lowest BCUT2D eigenvalue weighted by molar-refractivity contribution is -0.129. The van der Waals surface area contributed by atoms with Gasteiger partial charge in [-0.05, 0) is 31.2 Å². The molecule has 1 amide bonds. The summed E-state index contributed by atoms with van der Waals surface area (Å²) in [6.45, 7) is 2.13. The van der Waals surface area contributed by atoms with Crippen LogP contribution in [0.15, 0.2) is 64.0 Å². The molecule has 1 atom stereocenters. The van der Waals surface area contributed by atoms with E-state index in [-0.39, 0.29) is 17.7 Å². The van der Waals surface area contributed by atoms with Crippen LogP contribution in [-0.4, -0.2) is 33.2 Å². The largest absolute Gasteiger partial charge is 0.337 e. The van der Waals surface area contributed by atoms with Gasteiger partial charge in [0, 0.05) is 17.5 Å². The third kappa shape index (κ3) is 4.45. The second kappa shape index (κ2) is 8.38. The molecule has 3 aromatic rings. The molecule has 0 aliphatic carbocycles. The molecule has 0 spiro atoms. The SMILES string of the molecule is CC(Sc1ccccc1)C(=O)N(C)Cc1nc(-c2ccccc2Cl)no1. The van der Waals surface area contributed by atoms with Crippen molar-refractivity contribution >= 4 is 29.3 Å². The van der Waals surface area contributed by atoms with Gasteiger partial charge in [-0.1, -0.05) is 47.1 Å². The molecule has 0 radical (unpaired) electrons. The van der Waals surface area contributed by atoms with Crippen LogP contribution >= 0.6 is 23.4 Å². The summed E-state index contributed by atoms with van der Waals surface area (Å²) in [7, 11) is 1.73. The molecule has 5 nitrogen and oxygen atoms in total. The summed E-state index contributed by atoms with van der Waals surface area (Å²) in [5, 5.41) is 4.30. The van der Waals surface area contributed by atoms with Crippen LogP contribution < -0.4 is 0 Å². The number of rotatable bonds is 6. The van der Waals surface area contributed by atoms with E-state index in [1.807, 2.05) is 55.5 Å². The lowest BCUT2D eigenvalue weighted by Crippen LogP contribution is -2.32. The van der Waals surface area contributed by atoms with Crippen LogP contribution in [0.1, 0.15) is 12.8 Å². The molecule has 0 aliphatic rings. The van der Waals surface area contributed by atoms with E-state index in [4.69, 9.17) is 16.1 Å². The zero-order chi connectivity index (χ0) is 18.5. The van der Waals surface area contributed by atoms with Gasteiger partial charge >= 0.3 is 0 Å². The molecule has 2 aromatic carbocycles. The number of benzene rings is 2. The number of hydrogen-bond donors (Lipinski definition) is 0. The summed E-state index contributed by atoms with van der Waals surface area (Å²) in [6, 6.07) is 17.1. The second-order valence-electron chi connectivity index (χ2n) is 5.76. The average Bonchev–Trinajstić information content (AvgIpc) is 3.10. The van der Waals surface area contributed by atoms with Crippen LogP contribution in [0.5, 0.6) is 0 Å². The van der Waals surface area contributed by atoms with Gasteiger partial charge in [0.25, 0.3) is 0 Å². The molecule has 0 aliphatic heterocycles. The smallest absolute Gasteiger partial charge is 0.246 e. The predicted molar refractivity (Wildman–Crippen MR) is 103 cm³/mol. The highest BCUT2D eigenvalue weighted by molar-refractivity contribution is 8.00. The summed E-state index contributed by atoms with van der Waals surface area (Å²) in [4.78, 5) is 19.6. The van der Waals surface area contributed by atoms with Crippen LogP contribution in [0.25, 0.3) is 11.4 Å². The number of carbonyl (C=O) groups is 1. The maximum absolute atomic E-state index is 12.6. The van der Waals surface area contributed by atoms with Crippen molar-refractivity contribution in [3.8, 4) is 11.4 Å². The first-order valence-electron chi connectivity index (χ1n) is 8.09. The summed E-state index contributed by atoms with van der Waals surface area (Å²) in [5.41, 5.74) is 0.700. The van der Waals surface area contributed by atoms with Gasteiger partial charge in [-0.15, -0.1) is 11.8 Å². The number of amides is 1. The third-order valence-corrected chi connectivity index (χ3v) is 5.16. The number of thioether (sulfide) groups is 1. The Morgan fingerprint density at radius 3 is 2.62 bits per heavy atom. The first-order chi connectivity index (χ1) is 12.5. The van der Waals surface area contributed by atoms with Crippen molar-refractivity contribution in [1.82, 2.24) is 15.0 Å². The fraction of sp³-hybridized carbons (Fsp3) is 0.211. The van der Waals surface area contributed by atoms with Crippen LogP contribution in [0, 0.1) is 0 Å². The molecule has 0 saturated heterocycles. The minimum atomic E-state index is -0.214. The Labute approximate surface area is 161 Å². The lowest BCUT2D eigenvalue weighted by Gasteiger charge is -2.19. The van der Waals surface area contributed by atoms with Crippen LogP contribution in [0.3, 0.4) is 0 Å². The summed E-state index contributed by atoms with van der Waals surface area (Å²) >= 11 is 7.67. The lowest BCUT2D eigenvalue weighted by atomic mass is 10.2. The standard InChI is InChI=1S/C19H18ClN3O2S/c1-13(26-14-8-4-3-5-9-14)19(24)23(2)12-17-21-18(22-25-17)15-10-6-7-11-16(15)20/h3-11,13H,12H2,1-2H3. The van der Waals surface area contributed by atoms with Crippen molar-refractivity contribution in [2.45, 2.75) is 23.6 Å². The van der Waals surface area contributed by atoms with Gasteiger partial charge in [0.15, 0.2) is 0 Å². The monoisotopic (exact) mass is 387 g/mol. The highest BCUT2D eigenvalue weighted by Crippen LogP contribution is 2.26. The van der Waals surface area contributed by atoms with E-state index >= 15 is 0 Å². The molecule has 0 saturated carbocycles. The first-order valence-corrected chi connectivity index (χ1v) is 9.34. The number of nitrogens with zero attached hydrogens (tertiary/aromatic N) is 3. The molecule has 1 unspecified atom stereocenters. The summed E-state index contributed by atoms with van der Waals surface area (Å²) in [5.74, 6) is 0.780. The maximum atomic E-state index is 12.6. The van der Waals surface area contributed by atoms with Crippen molar-refractivity contribution in [3.05, 3.63) is 65.5 Å². The van der Waals surface area contributed by atoms with Crippen molar-refractivity contribution < 1.29 is 9.32 Å². The van der Waals surface area contributed by atoms with Crippen molar-refractivity contribution in [1.29, 1.82) is 0 Å². The van der Waals surface area contributed by atoms with Crippen LogP contribution in [-0.2, 0) is 11.3 Å². The summed E-state index contributed by atoms with van der Waals surface area (Å²) < 4.78 is 5.27. The molecular weight excluding hydrogens is 370 g/mol. The molecule has 1 heterocycles. The van der Waals surface area contributed by atoms with E-state index in [1.54, 1.807) is 18.0 Å². The fourth-order valence-electron chi connectivity index (χ4n) is 2.42. The van der Waals surface area contributed by atoms with E-state index < -0.39 is 0 Å². The van der Waals surface area contributed by atoms with E-state index in [2.05, 4.69) is 10.1 Å². The highest BCUT2D eigenvalue weighted by atomic mass is 35.5. The third-order valence-electron chi connectivity index (χ3n) is 3.74. The minimum Gasteiger partial charge on any atom is -0.337 e. The van der Waals surface area contributed by atoms with Crippen molar-refractivity contribution in [2.75, 3.05) is 7.05 Å². The second-order valence-corrected chi connectivity index (χ2v) is 7.58. The number of halogens is 1. The van der Waals surface area contributed by atoms with Crippen molar-refractivity contribution in [3.63, 3.8) is 0 Å². The van der Waals surface area contributed by atoms with Crippen LogP contribution in [0.2, 0.25) is 5.02 Å². The average molecular weight is 388 g/mol. The Balaban J connectivity index is 1.63. The molecular formula is C19H18ClN3O2S. The van der Waals surface area contributed by atoms with E-state index in [0.29, 0.717) is 22.3 Å². The first kappa shape index (κ1) is 18.5. The maximum Gasteiger partial charge on any atom is 0.246 e. The number of hydrogen-bond acceptors (Lipinski definition) is 5. The van der Waals surface area contributed by atoms with Crippen molar-refractivity contribution in [2.24, 2.45) is 0 Å². The van der Waals surface area contributed by atoms with Gasteiger partial charge in [-0.25, -0.2) is 0 Å². The van der Waals surface area contributed by atoms with Gasteiger partial charge in [-0.3, -0.25) is 4.79 Å². The molecule has 0 fully saturated rings. The van der Waals surface area contributed by atoms with Gasteiger partial charge < -0.3 is 9.42 Å². The Bertz CT molecular complexity index is 885. The molecule has 1 aromatic heterocycles. The molecule has 0 bridgehead atoms. The summed E-state index contributed by atoms with van der Waals surface area (Å²) in [6.07, 6.45) is 0. The normalized spacial score (nSPS) is 12.0. The molecule has 0 N–H and O–H groups in total. The zero-order valence-electron chi connectivity index (χ0n) is 14.4. The van der Waals surface area contributed by atoms with E-state index in [9.17, 15) is 4.79 Å². The van der Waals surface area contributed by atoms with Crippen LogP contribution in [0.4, 0.5) is 0 Å². The van der Waals surface area contributed by atoms with E-state index in [1.165, 1.54) is 11.8 Å².